The van der Waals surface area contributed by atoms with Crippen LogP contribution in [0.4, 0.5) is 22.4 Å². The number of hydrogen-bond acceptors (Lipinski definition) is 16. The summed E-state index contributed by atoms with van der Waals surface area (Å²) >= 11 is 8.98. The molecule has 5 aliphatic rings. The number of carboxylic acids is 1. The standard InChI is InChI=1S/C19H14ClF4NO2.C16H23NO5S.C11H15NO3S.C11H12O2S.C9H9BrO2S.C8H15BO2/c20-14-3-1-11(16(10-14)19(22,23)24)8-15-9-13-7-12(18(26)27)2-4-17(13)25(15)6-5-21;1-16(2,3)22-15(19)17-14(10-18)11-4-6-12(7-5-11)23(20,21)13-8-9-13;12-11(7-13)8-1-3-9(4-2-8)16(14,15)10-5-6-10;1-2-9-3-5-10(6-4-9)14(12,13)11-7-8-11;10-7-1-3-8(4-2-7)13(11,12)9-5-6-9;1-6-9-10-7(2,3)8(4,5)11-9/h1-4,7,9-10H,5-6,8H2,(H,26,27);4-7,13-14,18H,8-10H2,1-3H3,(H,17,19);1-4,10-11,13H,5-7,12H2;2-6,11H,1,7-8H2;1-4,9H,5-6H2;6H,1H2,2-5H3/t;14-;11-;;;/m.00.../s1. The Balaban J connectivity index is 0.000000179. The van der Waals surface area contributed by atoms with Crippen LogP contribution in [0, 0.1) is 0 Å². The number of aromatic carboxylic acids is 1. The molecule has 2 heterocycles. The Labute approximate surface area is 620 Å². The molecule has 564 valence electrons. The highest BCUT2D eigenvalue weighted by atomic mass is 79.9. The van der Waals surface area contributed by atoms with Crippen molar-refractivity contribution in [1.29, 1.82) is 0 Å². The second-order valence-corrected chi connectivity index (χ2v) is 37.7. The number of carboxylic acid groups (broad SMARTS) is 1. The molecule has 5 fully saturated rings. The summed E-state index contributed by atoms with van der Waals surface area (Å²) in [5, 5.41) is 29.8. The fourth-order valence-corrected chi connectivity index (χ4v) is 17.5. The van der Waals surface area contributed by atoms with Crippen LogP contribution in [0.1, 0.15) is 156 Å². The van der Waals surface area contributed by atoms with Crippen molar-refractivity contribution in [3.8, 4) is 0 Å². The number of nitrogens with one attached hydrogen (secondary N) is 1. The maximum Gasteiger partial charge on any atom is 0.486 e. The number of aryl methyl sites for hydroxylation is 1. The fraction of sp³-hybridized carbons (Fsp3) is 0.405. The number of alkyl carbamates (subject to hydrolysis) is 1. The summed E-state index contributed by atoms with van der Waals surface area (Å²) in [6.07, 6.45) is 2.61. The van der Waals surface area contributed by atoms with E-state index in [9.17, 15) is 65.9 Å². The predicted molar refractivity (Wildman–Crippen MR) is 398 cm³/mol. The Morgan fingerprint density at radius 2 is 1.11 bits per heavy atom. The van der Waals surface area contributed by atoms with Gasteiger partial charge in [-0.2, -0.15) is 13.2 Å². The van der Waals surface area contributed by atoms with Gasteiger partial charge in [-0.3, -0.25) is 0 Å². The van der Waals surface area contributed by atoms with Crippen LogP contribution in [0.5, 0.6) is 0 Å². The quantitative estimate of drug-likeness (QED) is 0.0350. The van der Waals surface area contributed by atoms with E-state index in [4.69, 9.17) is 41.6 Å². The number of sulfone groups is 4. The monoisotopic (exact) mass is 1600 g/mol. The van der Waals surface area contributed by atoms with Gasteiger partial charge in [-0.15, -0.1) is 6.58 Å². The average Bonchev–Trinajstić information content (AvgIpc) is 1.75. The van der Waals surface area contributed by atoms with Crippen molar-refractivity contribution in [3.05, 3.63) is 207 Å². The van der Waals surface area contributed by atoms with Crippen molar-refractivity contribution in [1.82, 2.24) is 9.88 Å². The lowest BCUT2D eigenvalue weighted by atomic mass is 9.90. The number of aliphatic hydroxyl groups is 2. The van der Waals surface area contributed by atoms with E-state index >= 15 is 0 Å². The van der Waals surface area contributed by atoms with Gasteiger partial charge in [0.1, 0.15) is 12.3 Å². The van der Waals surface area contributed by atoms with Crippen LogP contribution in [-0.2, 0) is 72.5 Å². The van der Waals surface area contributed by atoms with Crippen molar-refractivity contribution in [3.63, 3.8) is 0 Å². The number of hydrogen-bond donors (Lipinski definition) is 5. The van der Waals surface area contributed by atoms with Crippen LogP contribution < -0.4 is 11.1 Å². The third-order valence-corrected chi connectivity index (χ3v) is 27.4. The van der Waals surface area contributed by atoms with Gasteiger partial charge < -0.3 is 45.0 Å². The molecule has 19 nitrogen and oxygen atoms in total. The van der Waals surface area contributed by atoms with Crippen LogP contribution >= 0.6 is 27.5 Å². The summed E-state index contributed by atoms with van der Waals surface area (Å²) in [6, 6.07) is 34.8. The van der Waals surface area contributed by atoms with E-state index in [1.807, 2.05) is 27.7 Å². The lowest BCUT2D eigenvalue weighted by Crippen LogP contribution is -2.41. The highest BCUT2D eigenvalue weighted by molar-refractivity contribution is 9.10. The van der Waals surface area contributed by atoms with Gasteiger partial charge in [-0.05, 0) is 219 Å². The van der Waals surface area contributed by atoms with Gasteiger partial charge in [0.25, 0.3) is 0 Å². The highest BCUT2D eigenvalue weighted by Crippen LogP contribution is 2.40. The lowest BCUT2D eigenvalue weighted by Gasteiger charge is -2.32. The number of aromatic nitrogens is 1. The molecule has 1 aromatic heterocycles. The Morgan fingerprint density at radius 3 is 1.47 bits per heavy atom. The van der Waals surface area contributed by atoms with Gasteiger partial charge in [0.2, 0.25) is 0 Å². The molecule has 0 radical (unpaired) electrons. The number of fused-ring (bicyclic) bond motifs is 1. The summed E-state index contributed by atoms with van der Waals surface area (Å²) < 4.78 is 167. The van der Waals surface area contributed by atoms with E-state index in [2.05, 4.69) is 34.4 Å². The number of carbonyl (C=O) groups is 2. The first-order chi connectivity index (χ1) is 48.5. The number of carbonyl (C=O) groups excluding carboxylic acids is 1. The number of amides is 1. The maximum atomic E-state index is 13.3. The molecule has 104 heavy (non-hydrogen) atoms. The van der Waals surface area contributed by atoms with Crippen LogP contribution in [0.25, 0.3) is 17.0 Å². The predicted octanol–water partition coefficient (Wildman–Crippen LogP) is 14.8. The van der Waals surface area contributed by atoms with Crippen molar-refractivity contribution in [2.75, 3.05) is 19.9 Å². The number of alkyl halides is 4. The molecular formula is C74H88BBrClF4N3O16S4. The number of nitrogens with zero attached hydrogens (tertiary/aromatic N) is 1. The molecular weight excluding hydrogens is 1520 g/mol. The summed E-state index contributed by atoms with van der Waals surface area (Å²) in [5.41, 5.74) is 7.07. The minimum atomic E-state index is -4.58. The molecule has 4 aliphatic carbocycles. The third kappa shape index (κ3) is 22.9. The van der Waals surface area contributed by atoms with Crippen LogP contribution in [0.2, 0.25) is 5.02 Å². The van der Waals surface area contributed by atoms with E-state index in [0.717, 1.165) is 60.2 Å². The van der Waals surface area contributed by atoms with E-state index in [1.54, 1.807) is 128 Å². The molecule has 4 saturated carbocycles. The number of halogens is 6. The minimum Gasteiger partial charge on any atom is -0.478 e. The second kappa shape index (κ2) is 34.9. The smallest absolute Gasteiger partial charge is 0.478 e. The van der Waals surface area contributed by atoms with E-state index in [-0.39, 0.29) is 86.5 Å². The molecule has 1 saturated heterocycles. The van der Waals surface area contributed by atoms with Crippen molar-refractivity contribution < 1.29 is 90.2 Å². The number of ether oxygens (including phenoxy) is 1. The lowest BCUT2D eigenvalue weighted by molar-refractivity contribution is -0.138. The first-order valence-electron chi connectivity index (χ1n) is 33.4. The van der Waals surface area contributed by atoms with E-state index in [0.29, 0.717) is 49.7 Å². The van der Waals surface area contributed by atoms with Gasteiger partial charge in [0, 0.05) is 32.5 Å². The molecule has 0 unspecified atom stereocenters. The topological polar surface area (TPSA) is 302 Å². The molecule has 1 amide bonds. The molecule has 12 rings (SSSR count). The fourth-order valence-electron chi connectivity index (χ4n) is 10.4. The van der Waals surface area contributed by atoms with Gasteiger partial charge in [-0.25, -0.2) is 47.7 Å². The molecule has 1 aliphatic heterocycles. The Kier molecular flexibility index (Phi) is 28.3. The summed E-state index contributed by atoms with van der Waals surface area (Å²) in [7, 11) is -12.6. The average molecular weight is 1610 g/mol. The van der Waals surface area contributed by atoms with Crippen molar-refractivity contribution in [2.24, 2.45) is 5.73 Å². The Morgan fingerprint density at radius 1 is 0.673 bits per heavy atom. The molecule has 0 spiro atoms. The van der Waals surface area contributed by atoms with Gasteiger partial charge in [-0.1, -0.05) is 88.6 Å². The first kappa shape index (κ1) is 84.5. The normalized spacial score (nSPS) is 16.9. The second-order valence-electron chi connectivity index (χ2n) is 27.4. The Hall–Kier alpha value is -6.77. The van der Waals surface area contributed by atoms with E-state index < -0.39 is 87.5 Å². The van der Waals surface area contributed by atoms with Gasteiger partial charge in [0.15, 0.2) is 39.3 Å². The SMILES string of the molecule is C=CB1OC(C)(C)C(C)(C)O1.C=Cc1ccc(S(=O)(=O)C2CC2)cc1.CC(C)(C)OC(=O)N[C@@H](CO)c1ccc(S(=O)(=O)C2CC2)cc1.N[C@@H](CO)c1ccc(S(=O)(=O)C2CC2)cc1.O=C(O)c1ccc2c(c1)cc(Cc1ccc(Cl)cc1C(F)(F)F)n2CCF.O=S(=O)(c1ccc(Br)cc1)C1CC1. The summed E-state index contributed by atoms with van der Waals surface area (Å²) in [5.74, 6) is 0.560. The molecule has 6 aromatic carbocycles. The van der Waals surface area contributed by atoms with Crippen LogP contribution in [-0.4, -0.2) is 130 Å². The zero-order chi connectivity index (χ0) is 77.1. The molecule has 6 N–H and O–H groups in total. The van der Waals surface area contributed by atoms with E-state index in [1.165, 1.54) is 42.5 Å². The van der Waals surface area contributed by atoms with Gasteiger partial charge in [0.05, 0.1) is 94.8 Å². The summed E-state index contributed by atoms with van der Waals surface area (Å²) in [6.45, 7) is 19.4. The third-order valence-electron chi connectivity index (χ3n) is 17.5. The Bertz CT molecular complexity index is 4610. The van der Waals surface area contributed by atoms with Crippen molar-refractivity contribution >= 4 is 103 Å². The largest absolute Gasteiger partial charge is 0.486 e. The van der Waals surface area contributed by atoms with Crippen LogP contribution in [0.15, 0.2) is 183 Å². The maximum absolute atomic E-state index is 13.3. The molecule has 0 bridgehead atoms. The number of nitrogens with two attached hydrogens (primary N) is 1. The summed E-state index contributed by atoms with van der Waals surface area (Å²) in [4.78, 5) is 24.4. The molecule has 30 heteroatoms. The molecule has 7 aromatic rings. The first-order valence-corrected chi connectivity index (χ1v) is 40.7. The van der Waals surface area contributed by atoms with Crippen LogP contribution in [0.3, 0.4) is 0 Å². The number of rotatable bonds is 20. The number of aliphatic hydroxyl groups excluding tert-OH is 2. The zero-order valence-electron chi connectivity index (χ0n) is 58.7. The van der Waals surface area contributed by atoms with Gasteiger partial charge >= 0.3 is 25.4 Å². The van der Waals surface area contributed by atoms with Crippen molar-refractivity contribution in [2.45, 2.75) is 188 Å². The number of benzene rings is 6. The zero-order valence-corrected chi connectivity index (χ0v) is 64.3. The molecule has 2 atom stereocenters. The highest BCUT2D eigenvalue weighted by Gasteiger charge is 2.50. The minimum absolute atomic E-state index is 0.00766.